The number of carbonyl (C=O) groups excluding carboxylic acids is 1. The van der Waals surface area contributed by atoms with Gasteiger partial charge in [0.1, 0.15) is 6.29 Å². The Hall–Kier alpha value is -1.93. The molecule has 2 rings (SSSR count). The van der Waals surface area contributed by atoms with Gasteiger partial charge in [-0.25, -0.2) is 0 Å². The molecule has 0 amide bonds. The molecule has 0 spiro atoms. The molecule has 2 aromatic carbocycles. The van der Waals surface area contributed by atoms with Crippen molar-refractivity contribution in [1.29, 1.82) is 0 Å². The van der Waals surface area contributed by atoms with Gasteiger partial charge in [-0.1, -0.05) is 48.5 Å². The largest absolute Gasteiger partial charge is 0.384 e. The molecule has 0 aromatic heterocycles. The third-order valence-corrected chi connectivity index (χ3v) is 2.95. The van der Waals surface area contributed by atoms with Gasteiger partial charge < -0.3 is 4.74 Å². The van der Waals surface area contributed by atoms with Crippen LogP contribution in [0.5, 0.6) is 0 Å². The summed E-state index contributed by atoms with van der Waals surface area (Å²) >= 11 is 0. The van der Waals surface area contributed by atoms with Crippen LogP contribution < -0.4 is 0 Å². The van der Waals surface area contributed by atoms with E-state index in [0.717, 1.165) is 18.3 Å². The van der Waals surface area contributed by atoms with Gasteiger partial charge in [0.2, 0.25) is 0 Å². The quantitative estimate of drug-likeness (QED) is 0.749. The molecule has 2 heteroatoms. The Morgan fingerprint density at radius 2 is 1.78 bits per heavy atom. The van der Waals surface area contributed by atoms with Crippen molar-refractivity contribution in [3.63, 3.8) is 0 Å². The van der Waals surface area contributed by atoms with Gasteiger partial charge in [0.05, 0.1) is 6.61 Å². The first kappa shape index (κ1) is 12.5. The van der Waals surface area contributed by atoms with Crippen molar-refractivity contribution in [3.8, 4) is 11.1 Å². The minimum absolute atomic E-state index is 0.702. The van der Waals surface area contributed by atoms with Crippen molar-refractivity contribution >= 4 is 6.29 Å². The van der Waals surface area contributed by atoms with Gasteiger partial charge >= 0.3 is 0 Å². The lowest BCUT2D eigenvalue weighted by Gasteiger charge is -2.09. The van der Waals surface area contributed by atoms with Gasteiger partial charge in [-0.05, 0) is 23.1 Å². The van der Waals surface area contributed by atoms with Gasteiger partial charge in [0, 0.05) is 12.7 Å². The summed E-state index contributed by atoms with van der Waals surface area (Å²) in [4.78, 5) is 10.6. The number of ether oxygens (including phenoxy) is 1. The summed E-state index contributed by atoms with van der Waals surface area (Å²) in [5.74, 6) is 0. The normalized spacial score (nSPS) is 10.3. The van der Waals surface area contributed by atoms with Crippen molar-refractivity contribution in [1.82, 2.24) is 0 Å². The number of benzene rings is 2. The highest BCUT2D eigenvalue weighted by molar-refractivity contribution is 5.77. The lowest BCUT2D eigenvalue weighted by Crippen LogP contribution is -1.96. The van der Waals surface area contributed by atoms with E-state index < -0.39 is 0 Å². The van der Waals surface area contributed by atoms with Crippen LogP contribution >= 0.6 is 0 Å². The molecule has 0 saturated carbocycles. The Bertz CT molecular complexity index is 515. The molecular formula is C16H16O2. The van der Waals surface area contributed by atoms with E-state index in [2.05, 4.69) is 12.1 Å². The maximum absolute atomic E-state index is 10.6. The van der Waals surface area contributed by atoms with E-state index in [1.165, 1.54) is 11.1 Å². The highest BCUT2D eigenvalue weighted by Crippen LogP contribution is 2.24. The molecule has 2 aromatic rings. The van der Waals surface area contributed by atoms with Gasteiger partial charge in [-0.15, -0.1) is 0 Å². The second kappa shape index (κ2) is 6.12. The summed E-state index contributed by atoms with van der Waals surface area (Å²) in [7, 11) is 1.71. The molecule has 0 aliphatic heterocycles. The molecule has 0 unspecified atom stereocenters. The molecule has 0 radical (unpaired) electrons. The number of hydrogen-bond acceptors (Lipinski definition) is 2. The summed E-state index contributed by atoms with van der Waals surface area (Å²) in [5, 5.41) is 0. The number of hydrogen-bond donors (Lipinski definition) is 0. The van der Waals surface area contributed by atoms with E-state index >= 15 is 0 Å². The minimum Gasteiger partial charge on any atom is -0.384 e. The molecule has 0 aliphatic rings. The predicted octanol–water partition coefficient (Wildman–Crippen LogP) is 3.36. The highest BCUT2D eigenvalue weighted by atomic mass is 16.5. The zero-order valence-electron chi connectivity index (χ0n) is 10.4. The molecule has 92 valence electrons. The Balaban J connectivity index is 2.33. The van der Waals surface area contributed by atoms with Crippen molar-refractivity contribution in [2.75, 3.05) is 13.7 Å². The van der Waals surface area contributed by atoms with E-state index in [9.17, 15) is 4.79 Å². The Morgan fingerprint density at radius 3 is 2.44 bits per heavy atom. The second-order valence-electron chi connectivity index (χ2n) is 4.14. The highest BCUT2D eigenvalue weighted by Gasteiger charge is 2.04. The molecule has 0 aliphatic carbocycles. The summed E-state index contributed by atoms with van der Waals surface area (Å²) in [6.07, 6.45) is 1.75. The van der Waals surface area contributed by atoms with E-state index in [4.69, 9.17) is 4.74 Å². The standard InChI is InChI=1S/C16H16O2/c1-18-11-10-14-4-2-3-5-16(14)15-8-6-13(12-17)7-9-15/h2-9,12H,10-11H2,1H3. The lowest BCUT2D eigenvalue weighted by molar-refractivity contribution is 0.112. The van der Waals surface area contributed by atoms with Crippen molar-refractivity contribution < 1.29 is 9.53 Å². The fraction of sp³-hybridized carbons (Fsp3) is 0.188. The van der Waals surface area contributed by atoms with E-state index in [0.29, 0.717) is 12.2 Å². The van der Waals surface area contributed by atoms with Crippen LogP contribution in [0.4, 0.5) is 0 Å². The molecule has 0 bridgehead atoms. The number of aldehydes is 1. The lowest BCUT2D eigenvalue weighted by atomic mass is 9.97. The van der Waals surface area contributed by atoms with Crippen LogP contribution in [0.15, 0.2) is 48.5 Å². The van der Waals surface area contributed by atoms with Crippen LogP contribution in [0.2, 0.25) is 0 Å². The summed E-state index contributed by atoms with van der Waals surface area (Å²) in [5.41, 5.74) is 4.30. The summed E-state index contributed by atoms with van der Waals surface area (Å²) in [6.45, 7) is 0.712. The Morgan fingerprint density at radius 1 is 1.06 bits per heavy atom. The topological polar surface area (TPSA) is 26.3 Å². The monoisotopic (exact) mass is 240 g/mol. The molecule has 0 heterocycles. The molecule has 0 saturated heterocycles. The van der Waals surface area contributed by atoms with E-state index in [-0.39, 0.29) is 0 Å². The van der Waals surface area contributed by atoms with E-state index in [1.54, 1.807) is 7.11 Å². The van der Waals surface area contributed by atoms with Crippen molar-refractivity contribution in [3.05, 3.63) is 59.7 Å². The fourth-order valence-electron chi connectivity index (χ4n) is 1.97. The van der Waals surface area contributed by atoms with Crippen molar-refractivity contribution in [2.24, 2.45) is 0 Å². The second-order valence-corrected chi connectivity index (χ2v) is 4.14. The summed E-state index contributed by atoms with van der Waals surface area (Å²) in [6, 6.07) is 15.9. The minimum atomic E-state index is 0.702. The van der Waals surface area contributed by atoms with Gasteiger partial charge in [0.25, 0.3) is 0 Å². The van der Waals surface area contributed by atoms with Crippen LogP contribution in [-0.2, 0) is 11.2 Å². The van der Waals surface area contributed by atoms with Crippen LogP contribution in [0, 0.1) is 0 Å². The zero-order valence-corrected chi connectivity index (χ0v) is 10.4. The van der Waals surface area contributed by atoms with E-state index in [1.807, 2.05) is 36.4 Å². The average molecular weight is 240 g/mol. The molecule has 18 heavy (non-hydrogen) atoms. The first-order valence-electron chi connectivity index (χ1n) is 5.97. The van der Waals surface area contributed by atoms with Gasteiger partial charge in [0.15, 0.2) is 0 Å². The van der Waals surface area contributed by atoms with Crippen LogP contribution in [-0.4, -0.2) is 20.0 Å². The maximum Gasteiger partial charge on any atom is 0.150 e. The summed E-state index contributed by atoms with van der Waals surface area (Å²) < 4.78 is 5.13. The first-order valence-corrected chi connectivity index (χ1v) is 5.97. The molecular weight excluding hydrogens is 224 g/mol. The third kappa shape index (κ3) is 2.84. The maximum atomic E-state index is 10.6. The van der Waals surface area contributed by atoms with Gasteiger partial charge in [-0.3, -0.25) is 4.79 Å². The van der Waals surface area contributed by atoms with Crippen LogP contribution in [0.25, 0.3) is 11.1 Å². The molecule has 0 N–H and O–H groups in total. The van der Waals surface area contributed by atoms with Gasteiger partial charge in [-0.2, -0.15) is 0 Å². The number of rotatable bonds is 5. The first-order chi connectivity index (χ1) is 8.85. The predicted molar refractivity (Wildman–Crippen MR) is 72.8 cm³/mol. The zero-order chi connectivity index (χ0) is 12.8. The van der Waals surface area contributed by atoms with Crippen LogP contribution in [0.1, 0.15) is 15.9 Å². The number of methoxy groups -OCH3 is 1. The Kier molecular flexibility index (Phi) is 4.26. The molecule has 2 nitrogen and oxygen atoms in total. The molecule has 0 fully saturated rings. The van der Waals surface area contributed by atoms with Crippen molar-refractivity contribution in [2.45, 2.75) is 6.42 Å². The average Bonchev–Trinajstić information content (AvgIpc) is 2.45. The number of carbonyl (C=O) groups is 1. The third-order valence-electron chi connectivity index (χ3n) is 2.95. The van der Waals surface area contributed by atoms with Crippen LogP contribution in [0.3, 0.4) is 0 Å². The fourth-order valence-corrected chi connectivity index (χ4v) is 1.97. The molecule has 0 atom stereocenters. The Labute approximate surface area is 107 Å². The SMILES string of the molecule is COCCc1ccccc1-c1ccc(C=O)cc1. The smallest absolute Gasteiger partial charge is 0.150 e.